The lowest BCUT2D eigenvalue weighted by atomic mass is 10.1. The maximum atomic E-state index is 11.7. The number of hydrogen-bond acceptors (Lipinski definition) is 2. The van der Waals surface area contributed by atoms with Crippen molar-refractivity contribution in [3.63, 3.8) is 0 Å². The molecule has 4 heteroatoms. The molecule has 18 heavy (non-hydrogen) atoms. The lowest BCUT2D eigenvalue weighted by molar-refractivity contribution is -0.120. The van der Waals surface area contributed by atoms with Gasteiger partial charge in [0.15, 0.2) is 0 Å². The van der Waals surface area contributed by atoms with Gasteiger partial charge < -0.3 is 10.6 Å². The van der Waals surface area contributed by atoms with Crippen LogP contribution in [0.5, 0.6) is 0 Å². The maximum absolute atomic E-state index is 11.7. The fourth-order valence-corrected chi connectivity index (χ4v) is 1.90. The molecule has 4 nitrogen and oxygen atoms in total. The molecule has 96 valence electrons. The molecule has 0 heterocycles. The van der Waals surface area contributed by atoms with Crippen LogP contribution in [-0.4, -0.2) is 18.9 Å². The fourth-order valence-electron chi connectivity index (χ4n) is 1.90. The third-order valence-electron chi connectivity index (χ3n) is 3.31. The zero-order chi connectivity index (χ0) is 13.1. The van der Waals surface area contributed by atoms with E-state index in [2.05, 4.69) is 17.6 Å². The van der Waals surface area contributed by atoms with E-state index >= 15 is 0 Å². The first-order valence-corrected chi connectivity index (χ1v) is 6.20. The number of hydrogen-bond donors (Lipinski definition) is 2. The number of carbonyl (C=O) groups is 2. The minimum atomic E-state index is -0.0152. The summed E-state index contributed by atoms with van der Waals surface area (Å²) in [5, 5.41) is 5.47. The number of rotatable bonds is 4. The van der Waals surface area contributed by atoms with Gasteiger partial charge >= 0.3 is 0 Å². The van der Waals surface area contributed by atoms with E-state index in [4.69, 9.17) is 0 Å². The summed E-state index contributed by atoms with van der Waals surface area (Å²) in [7, 11) is 1.62. The second kappa shape index (κ2) is 5.21. The lowest BCUT2D eigenvalue weighted by Crippen LogP contribution is -2.20. The standard InChI is InChI=1S/C14H18N2O2/c1-9-7-12(9)14(18)16-11-5-3-10(4-6-11)8-13(17)15-2/h3-6,9,12H,7-8H2,1-2H3,(H,15,17)(H,16,18)/t9-,12-/m0/s1. The van der Waals surface area contributed by atoms with Gasteiger partial charge in [-0.2, -0.15) is 0 Å². The number of carbonyl (C=O) groups excluding carboxylic acids is 2. The summed E-state index contributed by atoms with van der Waals surface area (Å²) in [4.78, 5) is 22.9. The summed E-state index contributed by atoms with van der Waals surface area (Å²) in [6.07, 6.45) is 1.35. The highest BCUT2D eigenvalue weighted by atomic mass is 16.2. The average Bonchev–Trinajstić information content (AvgIpc) is 3.09. The van der Waals surface area contributed by atoms with E-state index in [1.54, 1.807) is 7.05 Å². The van der Waals surface area contributed by atoms with Crippen molar-refractivity contribution in [2.75, 3.05) is 12.4 Å². The molecule has 2 N–H and O–H groups in total. The summed E-state index contributed by atoms with van der Waals surface area (Å²) in [6.45, 7) is 2.08. The van der Waals surface area contributed by atoms with Crippen LogP contribution in [0.3, 0.4) is 0 Å². The highest BCUT2D eigenvalue weighted by Crippen LogP contribution is 2.38. The molecule has 0 bridgehead atoms. The minimum absolute atomic E-state index is 0.0152. The van der Waals surface area contributed by atoms with Gasteiger partial charge in [-0.25, -0.2) is 0 Å². The molecule has 1 aromatic carbocycles. The van der Waals surface area contributed by atoms with E-state index in [0.29, 0.717) is 12.3 Å². The van der Waals surface area contributed by atoms with Crippen LogP contribution in [-0.2, 0) is 16.0 Å². The molecule has 2 atom stereocenters. The lowest BCUT2D eigenvalue weighted by Gasteiger charge is -2.06. The highest BCUT2D eigenvalue weighted by molar-refractivity contribution is 5.94. The van der Waals surface area contributed by atoms with Gasteiger partial charge in [0.05, 0.1) is 6.42 Å². The summed E-state index contributed by atoms with van der Waals surface area (Å²) < 4.78 is 0. The molecule has 2 rings (SSSR count). The van der Waals surface area contributed by atoms with Gasteiger partial charge in [0.2, 0.25) is 11.8 Å². The van der Waals surface area contributed by atoms with Crippen LogP contribution in [0.25, 0.3) is 0 Å². The van der Waals surface area contributed by atoms with Crippen molar-refractivity contribution in [3.8, 4) is 0 Å². The Hall–Kier alpha value is -1.84. The summed E-state index contributed by atoms with van der Waals surface area (Å²) >= 11 is 0. The van der Waals surface area contributed by atoms with Gasteiger partial charge in [-0.1, -0.05) is 19.1 Å². The molecule has 1 fully saturated rings. The van der Waals surface area contributed by atoms with Crippen LogP contribution in [0.2, 0.25) is 0 Å². The second-order valence-electron chi connectivity index (χ2n) is 4.86. The Morgan fingerprint density at radius 2 is 1.89 bits per heavy atom. The van der Waals surface area contributed by atoms with E-state index in [-0.39, 0.29) is 17.7 Å². The maximum Gasteiger partial charge on any atom is 0.227 e. The molecule has 1 saturated carbocycles. The molecule has 0 aromatic heterocycles. The molecule has 1 aromatic rings. The van der Waals surface area contributed by atoms with Crippen molar-refractivity contribution in [3.05, 3.63) is 29.8 Å². The minimum Gasteiger partial charge on any atom is -0.359 e. The Labute approximate surface area is 107 Å². The molecule has 0 saturated heterocycles. The van der Waals surface area contributed by atoms with E-state index in [1.165, 1.54) is 0 Å². The van der Waals surface area contributed by atoms with Gasteiger partial charge in [-0.05, 0) is 30.0 Å². The average molecular weight is 246 g/mol. The normalized spacial score (nSPS) is 21.2. The van der Waals surface area contributed by atoms with Gasteiger partial charge in [0, 0.05) is 18.7 Å². The molecular formula is C14H18N2O2. The van der Waals surface area contributed by atoms with Crippen LogP contribution >= 0.6 is 0 Å². The number of amides is 2. The van der Waals surface area contributed by atoms with Gasteiger partial charge in [0.25, 0.3) is 0 Å². The zero-order valence-corrected chi connectivity index (χ0v) is 10.7. The third-order valence-corrected chi connectivity index (χ3v) is 3.31. The molecule has 0 aliphatic heterocycles. The second-order valence-corrected chi connectivity index (χ2v) is 4.86. The predicted molar refractivity (Wildman–Crippen MR) is 70.1 cm³/mol. The van der Waals surface area contributed by atoms with Crippen molar-refractivity contribution in [2.45, 2.75) is 19.8 Å². The Bertz CT molecular complexity index is 453. The zero-order valence-electron chi connectivity index (χ0n) is 10.7. The van der Waals surface area contributed by atoms with Crippen LogP contribution in [0.1, 0.15) is 18.9 Å². The van der Waals surface area contributed by atoms with Crippen molar-refractivity contribution < 1.29 is 9.59 Å². The molecule has 2 amide bonds. The van der Waals surface area contributed by atoms with E-state index < -0.39 is 0 Å². The van der Waals surface area contributed by atoms with Crippen molar-refractivity contribution in [1.29, 1.82) is 0 Å². The molecule has 1 aliphatic rings. The smallest absolute Gasteiger partial charge is 0.227 e. The molecule has 0 unspecified atom stereocenters. The van der Waals surface area contributed by atoms with Gasteiger partial charge in [-0.3, -0.25) is 9.59 Å². The Kier molecular flexibility index (Phi) is 3.65. The quantitative estimate of drug-likeness (QED) is 0.847. The summed E-state index contributed by atoms with van der Waals surface area (Å²) in [6, 6.07) is 7.40. The van der Waals surface area contributed by atoms with E-state index in [1.807, 2.05) is 24.3 Å². The third kappa shape index (κ3) is 3.09. The van der Waals surface area contributed by atoms with Crippen LogP contribution in [0.15, 0.2) is 24.3 Å². The van der Waals surface area contributed by atoms with Crippen molar-refractivity contribution in [1.82, 2.24) is 5.32 Å². The SMILES string of the molecule is CNC(=O)Cc1ccc(NC(=O)[C@H]2C[C@@H]2C)cc1. The number of nitrogens with one attached hydrogen (secondary N) is 2. The topological polar surface area (TPSA) is 58.2 Å². The van der Waals surface area contributed by atoms with Crippen molar-refractivity contribution in [2.24, 2.45) is 11.8 Å². The van der Waals surface area contributed by atoms with Crippen LogP contribution in [0.4, 0.5) is 5.69 Å². The first kappa shape index (κ1) is 12.6. The van der Waals surface area contributed by atoms with Crippen LogP contribution in [0, 0.1) is 11.8 Å². The molecule has 1 aliphatic carbocycles. The largest absolute Gasteiger partial charge is 0.359 e. The number of benzene rings is 1. The first-order chi connectivity index (χ1) is 8.60. The van der Waals surface area contributed by atoms with Crippen molar-refractivity contribution >= 4 is 17.5 Å². The van der Waals surface area contributed by atoms with E-state index in [0.717, 1.165) is 17.7 Å². The fraction of sp³-hybridized carbons (Fsp3) is 0.429. The summed E-state index contributed by atoms with van der Waals surface area (Å²) in [5.41, 5.74) is 1.73. The molecule has 0 radical (unpaired) electrons. The molecular weight excluding hydrogens is 228 g/mol. The predicted octanol–water partition coefficient (Wildman–Crippen LogP) is 1.57. The molecule has 0 spiro atoms. The Morgan fingerprint density at radius 1 is 1.28 bits per heavy atom. The Balaban J connectivity index is 1.91. The summed E-state index contributed by atoms with van der Waals surface area (Å²) in [5.74, 6) is 0.771. The monoisotopic (exact) mass is 246 g/mol. The van der Waals surface area contributed by atoms with Crippen LogP contribution < -0.4 is 10.6 Å². The first-order valence-electron chi connectivity index (χ1n) is 6.20. The highest BCUT2D eigenvalue weighted by Gasteiger charge is 2.38. The Morgan fingerprint density at radius 3 is 2.39 bits per heavy atom. The number of likely N-dealkylation sites (N-methyl/N-ethyl adjacent to an activating group) is 1. The van der Waals surface area contributed by atoms with Gasteiger partial charge in [0.1, 0.15) is 0 Å². The number of anilines is 1. The van der Waals surface area contributed by atoms with Gasteiger partial charge in [-0.15, -0.1) is 0 Å². The van der Waals surface area contributed by atoms with E-state index in [9.17, 15) is 9.59 Å².